The highest BCUT2D eigenvalue weighted by molar-refractivity contribution is 7.91. The molecule has 2 rings (SSSR count). The quantitative estimate of drug-likeness (QED) is 0.388. The number of aryl methyl sites for hydroxylation is 1. The average molecular weight is 332 g/mol. The van der Waals surface area contributed by atoms with E-state index in [4.69, 9.17) is 5.84 Å². The second-order valence-electron chi connectivity index (χ2n) is 3.96. The number of nitrogens with one attached hydrogen (secondary N) is 2. The maximum absolute atomic E-state index is 12.1. The van der Waals surface area contributed by atoms with Gasteiger partial charge in [-0.15, -0.1) is 0 Å². The monoisotopic (exact) mass is 332 g/mol. The van der Waals surface area contributed by atoms with E-state index in [1.165, 1.54) is 6.20 Å². The number of nitrogens with zero attached hydrogens (tertiary/aromatic N) is 3. The molecule has 2 aromatic heterocycles. The number of imidazole rings is 1. The molecule has 0 saturated heterocycles. The zero-order valence-electron chi connectivity index (χ0n) is 10.8. The number of hydrogen-bond donors (Lipinski definition) is 3. The van der Waals surface area contributed by atoms with E-state index in [-0.39, 0.29) is 21.4 Å². The van der Waals surface area contributed by atoms with Crippen LogP contribution in [0.15, 0.2) is 22.7 Å². The molecule has 0 radical (unpaired) electrons. The molecule has 12 heteroatoms. The molecule has 2 heterocycles. The Kier molecular flexibility index (Phi) is 4.22. The Morgan fingerprint density at radius 1 is 1.57 bits per heavy atom. The molecular weight excluding hydrogens is 320 g/mol. The first-order chi connectivity index (χ1) is 9.85. The van der Waals surface area contributed by atoms with Crippen LogP contribution >= 0.6 is 11.3 Å². The fourth-order valence-electron chi connectivity index (χ4n) is 1.53. The van der Waals surface area contributed by atoms with E-state index in [2.05, 4.69) is 15.1 Å². The van der Waals surface area contributed by atoms with Crippen molar-refractivity contribution in [3.8, 4) is 0 Å². The van der Waals surface area contributed by atoms with Crippen LogP contribution in [0.1, 0.15) is 5.82 Å². The van der Waals surface area contributed by atoms with Crippen molar-refractivity contribution in [3.63, 3.8) is 0 Å². The van der Waals surface area contributed by atoms with E-state index >= 15 is 0 Å². The van der Waals surface area contributed by atoms with E-state index in [0.29, 0.717) is 17.2 Å². The fraction of sp³-hybridized carbons (Fsp3) is 0.222. The Morgan fingerprint density at radius 3 is 2.76 bits per heavy atom. The van der Waals surface area contributed by atoms with E-state index in [0.717, 1.165) is 6.07 Å². The minimum absolute atomic E-state index is 0.0249. The van der Waals surface area contributed by atoms with E-state index in [1.807, 2.05) is 0 Å². The molecule has 0 unspecified atom stereocenters. The van der Waals surface area contributed by atoms with Crippen LogP contribution in [0.3, 0.4) is 0 Å². The van der Waals surface area contributed by atoms with Crippen LogP contribution in [-0.2, 0) is 23.6 Å². The number of nitro groups is 1. The second-order valence-corrected chi connectivity index (χ2v) is 7.01. The van der Waals surface area contributed by atoms with Crippen LogP contribution in [-0.4, -0.2) is 22.9 Å². The highest BCUT2D eigenvalue weighted by Gasteiger charge is 2.25. The van der Waals surface area contributed by atoms with Gasteiger partial charge in [-0.3, -0.25) is 10.1 Å². The molecule has 0 aromatic carbocycles. The summed E-state index contributed by atoms with van der Waals surface area (Å²) >= 11 is 0.681. The molecular formula is C9H12N6O4S2. The number of aromatic nitrogens is 2. The van der Waals surface area contributed by atoms with Gasteiger partial charge in [0.15, 0.2) is 5.00 Å². The first kappa shape index (κ1) is 15.4. The molecule has 0 aliphatic carbocycles. The van der Waals surface area contributed by atoms with Gasteiger partial charge in [0.25, 0.3) is 10.0 Å². The van der Waals surface area contributed by atoms with Crippen molar-refractivity contribution < 1.29 is 13.3 Å². The van der Waals surface area contributed by atoms with Crippen LogP contribution in [0.5, 0.6) is 0 Å². The summed E-state index contributed by atoms with van der Waals surface area (Å²) in [6, 6.07) is 0.959. The molecule has 0 aliphatic rings. The summed E-state index contributed by atoms with van der Waals surface area (Å²) in [5.74, 6) is 5.66. The van der Waals surface area contributed by atoms with E-state index in [1.54, 1.807) is 17.8 Å². The zero-order valence-corrected chi connectivity index (χ0v) is 12.4. The minimum atomic E-state index is -3.88. The van der Waals surface area contributed by atoms with Crippen molar-refractivity contribution in [2.45, 2.75) is 10.8 Å². The third-order valence-corrected chi connectivity index (χ3v) is 5.55. The van der Waals surface area contributed by atoms with E-state index in [9.17, 15) is 18.5 Å². The molecule has 0 atom stereocenters. The number of nitrogen functional groups attached to an aromatic ring is 1. The van der Waals surface area contributed by atoms with Gasteiger partial charge in [-0.2, -0.15) is 0 Å². The lowest BCUT2D eigenvalue weighted by Crippen LogP contribution is -2.24. The molecule has 4 N–H and O–H groups in total. The van der Waals surface area contributed by atoms with Crippen molar-refractivity contribution in [2.75, 3.05) is 5.43 Å². The zero-order chi connectivity index (χ0) is 15.6. The second kappa shape index (κ2) is 5.77. The summed E-state index contributed by atoms with van der Waals surface area (Å²) < 4.78 is 28.0. The van der Waals surface area contributed by atoms with Gasteiger partial charge in [0.05, 0.1) is 11.5 Å². The number of sulfonamides is 1. The predicted molar refractivity (Wildman–Crippen MR) is 76.0 cm³/mol. The Balaban J connectivity index is 2.23. The summed E-state index contributed by atoms with van der Waals surface area (Å²) in [4.78, 5) is 14.1. The summed E-state index contributed by atoms with van der Waals surface area (Å²) in [5, 5.41) is 10.8. The predicted octanol–water partition coefficient (Wildman–Crippen LogP) is 0.154. The topological polar surface area (TPSA) is 145 Å². The summed E-state index contributed by atoms with van der Waals surface area (Å²) in [5.41, 5.74) is 1.73. The average Bonchev–Trinajstić information content (AvgIpc) is 3.02. The van der Waals surface area contributed by atoms with Crippen molar-refractivity contribution in [1.82, 2.24) is 14.3 Å². The third kappa shape index (κ3) is 3.18. The number of hydrogen-bond acceptors (Lipinski definition) is 8. The van der Waals surface area contributed by atoms with Gasteiger partial charge in [0, 0.05) is 25.5 Å². The van der Waals surface area contributed by atoms with Crippen LogP contribution in [0.4, 0.5) is 10.7 Å². The van der Waals surface area contributed by atoms with Crippen molar-refractivity contribution in [3.05, 3.63) is 34.4 Å². The minimum Gasteiger partial charge on any atom is -0.337 e. The lowest BCUT2D eigenvalue weighted by Gasteiger charge is -2.04. The lowest BCUT2D eigenvalue weighted by atomic mass is 10.5. The maximum Gasteiger partial charge on any atom is 0.306 e. The molecule has 21 heavy (non-hydrogen) atoms. The van der Waals surface area contributed by atoms with Gasteiger partial charge in [-0.25, -0.2) is 24.0 Å². The highest BCUT2D eigenvalue weighted by atomic mass is 32.2. The van der Waals surface area contributed by atoms with Crippen LogP contribution in [0.2, 0.25) is 0 Å². The number of thiophene rings is 1. The van der Waals surface area contributed by atoms with E-state index < -0.39 is 14.9 Å². The maximum atomic E-state index is 12.1. The van der Waals surface area contributed by atoms with Gasteiger partial charge in [0.2, 0.25) is 0 Å². The summed E-state index contributed by atoms with van der Waals surface area (Å²) in [6.45, 7) is -0.0249. The Hall–Kier alpha value is -2.02. The van der Waals surface area contributed by atoms with Gasteiger partial charge in [0.1, 0.15) is 10.0 Å². The third-order valence-electron chi connectivity index (χ3n) is 2.62. The molecule has 0 amide bonds. The first-order valence-electron chi connectivity index (χ1n) is 5.56. The van der Waals surface area contributed by atoms with Crippen LogP contribution in [0.25, 0.3) is 0 Å². The molecule has 0 spiro atoms. The fourth-order valence-corrected chi connectivity index (χ4v) is 3.79. The van der Waals surface area contributed by atoms with Gasteiger partial charge < -0.3 is 9.99 Å². The standard InChI is InChI=1S/C9H12N6O4S2/c1-14-3-2-11-7(14)5-12-21(18,19)8-4-6(15(16)17)9(13-10)20-8/h2-4,12-13H,5,10H2,1H3. The highest BCUT2D eigenvalue weighted by Crippen LogP contribution is 2.36. The molecule has 0 aliphatic heterocycles. The number of rotatable bonds is 6. The SMILES string of the molecule is Cn1ccnc1CNS(=O)(=O)c1cc([N+](=O)[O-])c(NN)s1. The smallest absolute Gasteiger partial charge is 0.306 e. The Morgan fingerprint density at radius 2 is 2.29 bits per heavy atom. The Bertz CT molecular complexity index is 765. The number of anilines is 1. The molecule has 0 bridgehead atoms. The number of nitrogens with two attached hydrogens (primary N) is 1. The largest absolute Gasteiger partial charge is 0.337 e. The normalized spacial score (nSPS) is 11.5. The van der Waals surface area contributed by atoms with Crippen molar-refractivity contribution in [2.24, 2.45) is 12.9 Å². The van der Waals surface area contributed by atoms with Crippen molar-refractivity contribution in [1.29, 1.82) is 0 Å². The van der Waals surface area contributed by atoms with Crippen LogP contribution < -0.4 is 16.0 Å². The lowest BCUT2D eigenvalue weighted by molar-refractivity contribution is -0.383. The molecule has 10 nitrogen and oxygen atoms in total. The van der Waals surface area contributed by atoms with Crippen molar-refractivity contribution >= 4 is 32.0 Å². The van der Waals surface area contributed by atoms with Gasteiger partial charge >= 0.3 is 5.69 Å². The van der Waals surface area contributed by atoms with Gasteiger partial charge in [-0.05, 0) is 0 Å². The molecule has 2 aromatic rings. The summed E-state index contributed by atoms with van der Waals surface area (Å²) in [7, 11) is -2.16. The van der Waals surface area contributed by atoms with Crippen LogP contribution in [0, 0.1) is 10.1 Å². The molecule has 114 valence electrons. The first-order valence-corrected chi connectivity index (χ1v) is 7.86. The summed E-state index contributed by atoms with van der Waals surface area (Å²) in [6.07, 6.45) is 3.21. The molecule has 0 fully saturated rings. The molecule has 0 saturated carbocycles. The Labute approximate surface area is 123 Å². The number of hydrazine groups is 1. The van der Waals surface area contributed by atoms with Gasteiger partial charge in [-0.1, -0.05) is 11.3 Å².